The highest BCUT2D eigenvalue weighted by Crippen LogP contribution is 2.44. The first-order valence-corrected chi connectivity index (χ1v) is 8.17. The van der Waals surface area contributed by atoms with E-state index in [1.165, 1.54) is 33.7 Å². The maximum atomic E-state index is 12.3. The second-order valence-corrected chi connectivity index (χ2v) is 5.95. The highest BCUT2D eigenvalue weighted by atomic mass is 16.5. The third-order valence-corrected chi connectivity index (χ3v) is 3.97. The summed E-state index contributed by atoms with van der Waals surface area (Å²) in [6.45, 7) is 3.76. The van der Waals surface area contributed by atoms with Crippen LogP contribution in [0.1, 0.15) is 25.3 Å². The molecule has 0 spiro atoms. The molecule has 0 aromatic heterocycles. The minimum atomic E-state index is -0.791. The van der Waals surface area contributed by atoms with Crippen molar-refractivity contribution in [2.45, 2.75) is 25.9 Å². The van der Waals surface area contributed by atoms with Gasteiger partial charge < -0.3 is 18.9 Å². The van der Waals surface area contributed by atoms with Gasteiger partial charge in [0, 0.05) is 23.9 Å². The van der Waals surface area contributed by atoms with E-state index in [4.69, 9.17) is 18.9 Å². The van der Waals surface area contributed by atoms with Crippen LogP contribution in [-0.4, -0.2) is 45.6 Å². The molecule has 2 atom stereocenters. The molecular weight excluding hydrogens is 338 g/mol. The Morgan fingerprint density at radius 2 is 1.85 bits per heavy atom. The van der Waals surface area contributed by atoms with Gasteiger partial charge in [-0.1, -0.05) is 12.1 Å². The third-order valence-electron chi connectivity index (χ3n) is 3.97. The van der Waals surface area contributed by atoms with E-state index in [1.54, 1.807) is 18.2 Å². The van der Waals surface area contributed by atoms with Gasteiger partial charge in [-0.25, -0.2) is 4.79 Å². The summed E-state index contributed by atoms with van der Waals surface area (Å²) in [6.07, 6.45) is 2.72. The van der Waals surface area contributed by atoms with E-state index in [1.807, 2.05) is 13.8 Å². The molecule has 1 aliphatic heterocycles. The van der Waals surface area contributed by atoms with Gasteiger partial charge in [0.1, 0.15) is 5.92 Å². The first-order chi connectivity index (χ1) is 12.4. The number of aliphatic imine (C=N–C) groups is 1. The van der Waals surface area contributed by atoms with Gasteiger partial charge in [-0.2, -0.15) is 0 Å². The Morgan fingerprint density at radius 1 is 1.12 bits per heavy atom. The maximum Gasteiger partial charge on any atom is 0.335 e. The highest BCUT2D eigenvalue weighted by Gasteiger charge is 2.39. The maximum absolute atomic E-state index is 12.3. The Kier molecular flexibility index (Phi) is 6.38. The average Bonchev–Trinajstić information content (AvgIpc) is 2.65. The Morgan fingerprint density at radius 3 is 2.42 bits per heavy atom. The van der Waals surface area contributed by atoms with Gasteiger partial charge in [0.15, 0.2) is 11.5 Å². The molecule has 1 aromatic carbocycles. The monoisotopic (exact) mass is 361 g/mol. The van der Waals surface area contributed by atoms with Crippen LogP contribution in [0, 0.1) is 5.92 Å². The molecule has 0 saturated carbocycles. The number of rotatable bonds is 6. The molecule has 7 nitrogen and oxygen atoms in total. The summed E-state index contributed by atoms with van der Waals surface area (Å²) in [7, 11) is 4.10. The lowest BCUT2D eigenvalue weighted by Crippen LogP contribution is -2.31. The molecule has 140 valence electrons. The molecule has 1 aliphatic rings. The quantitative estimate of drug-likeness (QED) is 0.724. The molecule has 0 bridgehead atoms. The number of carbonyl (C=O) groups is 2. The van der Waals surface area contributed by atoms with Crippen molar-refractivity contribution in [3.05, 3.63) is 35.5 Å². The predicted molar refractivity (Wildman–Crippen MR) is 95.6 cm³/mol. The second-order valence-electron chi connectivity index (χ2n) is 5.95. The Bertz CT molecular complexity index is 738. The number of methoxy groups -OCH3 is 3. The van der Waals surface area contributed by atoms with Crippen LogP contribution in [0.3, 0.4) is 0 Å². The van der Waals surface area contributed by atoms with Crippen molar-refractivity contribution < 1.29 is 28.5 Å². The van der Waals surface area contributed by atoms with Crippen molar-refractivity contribution in [2.75, 3.05) is 21.3 Å². The SMILES string of the molecule is COC(=O)C1=CN=CC(C(=O)OC)[C@@H]1c1cccc(OC)c1OC(C)C. The van der Waals surface area contributed by atoms with Gasteiger partial charge in [-0.3, -0.25) is 9.79 Å². The van der Waals surface area contributed by atoms with Gasteiger partial charge in [0.2, 0.25) is 0 Å². The summed E-state index contributed by atoms with van der Waals surface area (Å²) in [5.74, 6) is -1.57. The van der Waals surface area contributed by atoms with Crippen molar-refractivity contribution >= 4 is 18.2 Å². The Hall–Kier alpha value is -2.83. The Balaban J connectivity index is 2.66. The first kappa shape index (κ1) is 19.5. The van der Waals surface area contributed by atoms with Gasteiger partial charge in [0.25, 0.3) is 0 Å². The van der Waals surface area contributed by atoms with Crippen LogP contribution < -0.4 is 9.47 Å². The van der Waals surface area contributed by atoms with Crippen molar-refractivity contribution in [1.29, 1.82) is 0 Å². The van der Waals surface area contributed by atoms with Crippen LogP contribution in [-0.2, 0) is 19.1 Å². The number of hydrogen-bond donors (Lipinski definition) is 0. The molecule has 0 amide bonds. The number of hydrogen-bond acceptors (Lipinski definition) is 7. The zero-order chi connectivity index (χ0) is 19.3. The fourth-order valence-corrected chi connectivity index (χ4v) is 2.87. The summed E-state index contributed by atoms with van der Waals surface area (Å²) in [6, 6.07) is 5.32. The molecule has 1 heterocycles. The van der Waals surface area contributed by atoms with Gasteiger partial charge in [-0.15, -0.1) is 0 Å². The van der Waals surface area contributed by atoms with Crippen LogP contribution in [0.15, 0.2) is 35.0 Å². The smallest absolute Gasteiger partial charge is 0.335 e. The van der Waals surface area contributed by atoms with Gasteiger partial charge >= 0.3 is 11.9 Å². The van der Waals surface area contributed by atoms with Crippen LogP contribution in [0.4, 0.5) is 0 Å². The van der Waals surface area contributed by atoms with Crippen molar-refractivity contribution in [3.63, 3.8) is 0 Å². The minimum Gasteiger partial charge on any atom is -0.493 e. The molecule has 0 saturated heterocycles. The molecule has 26 heavy (non-hydrogen) atoms. The van der Waals surface area contributed by atoms with E-state index >= 15 is 0 Å². The number of para-hydroxylation sites is 1. The van der Waals surface area contributed by atoms with Crippen LogP contribution in [0.2, 0.25) is 0 Å². The minimum absolute atomic E-state index is 0.135. The van der Waals surface area contributed by atoms with Crippen LogP contribution >= 0.6 is 0 Å². The molecule has 0 fully saturated rings. The molecule has 0 radical (unpaired) electrons. The first-order valence-electron chi connectivity index (χ1n) is 8.17. The largest absolute Gasteiger partial charge is 0.493 e. The number of nitrogens with zero attached hydrogens (tertiary/aromatic N) is 1. The molecule has 0 aliphatic carbocycles. The number of benzene rings is 1. The summed E-state index contributed by atoms with van der Waals surface area (Å²) < 4.78 is 21.1. The normalized spacial score (nSPS) is 18.9. The predicted octanol–water partition coefficient (Wildman–Crippen LogP) is 2.50. The van der Waals surface area contributed by atoms with Crippen molar-refractivity contribution in [1.82, 2.24) is 0 Å². The van der Waals surface area contributed by atoms with E-state index < -0.39 is 23.8 Å². The van der Waals surface area contributed by atoms with E-state index in [9.17, 15) is 9.59 Å². The molecule has 1 unspecified atom stereocenters. The lowest BCUT2D eigenvalue weighted by Gasteiger charge is -2.29. The summed E-state index contributed by atoms with van der Waals surface area (Å²) in [4.78, 5) is 28.7. The lowest BCUT2D eigenvalue weighted by atomic mass is 9.79. The van der Waals surface area contributed by atoms with E-state index in [0.29, 0.717) is 17.1 Å². The van der Waals surface area contributed by atoms with Crippen LogP contribution in [0.25, 0.3) is 0 Å². The van der Waals surface area contributed by atoms with Crippen molar-refractivity contribution in [3.8, 4) is 11.5 Å². The van der Waals surface area contributed by atoms with Crippen molar-refractivity contribution in [2.24, 2.45) is 10.9 Å². The molecular formula is C19H23NO6. The summed E-state index contributed by atoms with van der Waals surface area (Å²) in [5, 5.41) is 0. The topological polar surface area (TPSA) is 83.4 Å². The molecule has 7 heteroatoms. The Labute approximate surface area is 152 Å². The zero-order valence-corrected chi connectivity index (χ0v) is 15.5. The summed E-state index contributed by atoms with van der Waals surface area (Å²) >= 11 is 0. The van der Waals surface area contributed by atoms with Gasteiger partial charge in [-0.05, 0) is 19.9 Å². The highest BCUT2D eigenvalue weighted by molar-refractivity contribution is 5.99. The van der Waals surface area contributed by atoms with E-state index in [0.717, 1.165) is 0 Å². The second kappa shape index (κ2) is 8.51. The molecule has 1 aromatic rings. The van der Waals surface area contributed by atoms with Gasteiger partial charge in [0.05, 0.1) is 33.0 Å². The van der Waals surface area contributed by atoms with Crippen LogP contribution in [0.5, 0.6) is 11.5 Å². The zero-order valence-electron chi connectivity index (χ0n) is 15.5. The van der Waals surface area contributed by atoms with E-state index in [-0.39, 0.29) is 11.7 Å². The standard InChI is InChI=1S/C19H23NO6/c1-11(2)26-17-12(7-6-8-15(17)23-3)16-13(18(21)24-4)9-20-10-14(16)19(22)25-5/h6-11,13,16H,1-5H3/t13?,16-/m0/s1. The fraction of sp³-hybridized carbons (Fsp3) is 0.421. The average molecular weight is 361 g/mol. The fourth-order valence-electron chi connectivity index (χ4n) is 2.87. The van der Waals surface area contributed by atoms with E-state index in [2.05, 4.69) is 4.99 Å². The number of esters is 2. The summed E-state index contributed by atoms with van der Waals surface area (Å²) in [5.41, 5.74) is 0.864. The number of ether oxygens (including phenoxy) is 4. The number of carbonyl (C=O) groups excluding carboxylic acids is 2. The molecule has 2 rings (SSSR count). The molecule has 0 N–H and O–H groups in total. The third kappa shape index (κ3) is 3.87. The lowest BCUT2D eigenvalue weighted by molar-refractivity contribution is -0.143.